The van der Waals surface area contributed by atoms with Gasteiger partial charge in [0.1, 0.15) is 0 Å². The first-order chi connectivity index (χ1) is 4.06. The Balaban J connectivity index is 3.07. The molecule has 0 saturated heterocycles. The van der Waals surface area contributed by atoms with Gasteiger partial charge in [-0.15, -0.1) is 0 Å². The third-order valence-corrected chi connectivity index (χ3v) is 1.08. The molecule has 2 nitrogen and oxygen atoms in total. The predicted molar refractivity (Wildman–Crippen MR) is 35.6 cm³/mol. The van der Waals surface area contributed by atoms with Crippen molar-refractivity contribution in [2.24, 2.45) is 5.41 Å². The highest BCUT2D eigenvalue weighted by Crippen LogP contribution is 2.17. The normalized spacial score (nSPS) is 12.0. The summed E-state index contributed by atoms with van der Waals surface area (Å²) < 4.78 is 4.65. The lowest BCUT2D eigenvalue weighted by Crippen LogP contribution is -2.09. The third kappa shape index (κ3) is 7.92. The van der Waals surface area contributed by atoms with Crippen LogP contribution in [0.2, 0.25) is 0 Å². The molecule has 0 aliphatic carbocycles. The zero-order chi connectivity index (χ0) is 7.33. The van der Waals surface area contributed by atoms with Crippen LogP contribution in [0.5, 0.6) is 0 Å². The molecule has 0 aliphatic rings. The van der Waals surface area contributed by atoms with Gasteiger partial charge >= 0.3 is 0 Å². The van der Waals surface area contributed by atoms with Crippen LogP contribution in [-0.2, 0) is 9.84 Å². The number of hydrogen-bond acceptors (Lipinski definition) is 1. The molecule has 0 aromatic heterocycles. The third-order valence-electron chi connectivity index (χ3n) is 1.08. The second-order valence-electron chi connectivity index (χ2n) is 3.34. The molecular formula is C7H15O2. The molecule has 0 N–H and O–H groups in total. The van der Waals surface area contributed by atoms with Gasteiger partial charge in [0.15, 0.2) is 6.79 Å². The van der Waals surface area contributed by atoms with Gasteiger partial charge in [-0.25, -0.2) is 5.11 Å². The van der Waals surface area contributed by atoms with E-state index < -0.39 is 6.79 Å². The summed E-state index contributed by atoms with van der Waals surface area (Å²) in [4.78, 5) is 0. The van der Waals surface area contributed by atoms with Gasteiger partial charge in [0.25, 0.3) is 0 Å². The Hall–Kier alpha value is -0.0800. The molecule has 0 heterocycles. The summed E-state index contributed by atoms with van der Waals surface area (Å²) in [5, 5.41) is 9.79. The molecular weight excluding hydrogens is 116 g/mol. The van der Waals surface area contributed by atoms with Crippen LogP contribution < -0.4 is 0 Å². The maximum absolute atomic E-state index is 9.79. The first kappa shape index (κ1) is 8.92. The molecule has 2 heteroatoms. The van der Waals surface area contributed by atoms with Crippen molar-refractivity contribution in [3.05, 3.63) is 0 Å². The molecule has 0 saturated carbocycles. The van der Waals surface area contributed by atoms with Gasteiger partial charge in [-0.05, 0) is 11.8 Å². The van der Waals surface area contributed by atoms with Gasteiger partial charge in [-0.3, -0.25) is 0 Å². The summed E-state index contributed by atoms with van der Waals surface area (Å²) >= 11 is 0. The minimum atomic E-state index is -0.407. The Labute approximate surface area is 56.8 Å². The van der Waals surface area contributed by atoms with Crippen LogP contribution in [0, 0.1) is 5.41 Å². The second kappa shape index (κ2) is 3.85. The second-order valence-corrected chi connectivity index (χ2v) is 3.34. The van der Waals surface area contributed by atoms with Crippen molar-refractivity contribution >= 4 is 0 Å². The van der Waals surface area contributed by atoms with Crippen molar-refractivity contribution in [3.8, 4) is 0 Å². The smallest absolute Gasteiger partial charge is 0.180 e. The van der Waals surface area contributed by atoms with Gasteiger partial charge in [-0.1, -0.05) is 20.8 Å². The summed E-state index contributed by atoms with van der Waals surface area (Å²) in [5.41, 5.74) is 0.287. The molecule has 0 aromatic carbocycles. The summed E-state index contributed by atoms with van der Waals surface area (Å²) in [6.07, 6.45) is 0.954. The minimum Gasteiger partial charge on any atom is -0.352 e. The van der Waals surface area contributed by atoms with Gasteiger partial charge in [0.2, 0.25) is 0 Å². The van der Waals surface area contributed by atoms with Crippen LogP contribution in [0.1, 0.15) is 27.2 Å². The van der Waals surface area contributed by atoms with Gasteiger partial charge < -0.3 is 4.74 Å². The van der Waals surface area contributed by atoms with Crippen LogP contribution in [0.15, 0.2) is 0 Å². The summed E-state index contributed by atoms with van der Waals surface area (Å²) in [5.74, 6) is 0. The largest absolute Gasteiger partial charge is 0.352 e. The van der Waals surface area contributed by atoms with E-state index in [2.05, 4.69) is 25.5 Å². The van der Waals surface area contributed by atoms with E-state index in [-0.39, 0.29) is 5.41 Å². The molecule has 0 amide bonds. The maximum atomic E-state index is 9.79. The summed E-state index contributed by atoms with van der Waals surface area (Å²) in [6, 6.07) is 0. The van der Waals surface area contributed by atoms with E-state index in [0.29, 0.717) is 6.61 Å². The van der Waals surface area contributed by atoms with Crippen molar-refractivity contribution in [3.63, 3.8) is 0 Å². The van der Waals surface area contributed by atoms with Crippen molar-refractivity contribution < 1.29 is 9.84 Å². The molecule has 1 radical (unpaired) electrons. The average molecular weight is 131 g/mol. The zero-order valence-corrected chi connectivity index (χ0v) is 6.44. The Morgan fingerprint density at radius 1 is 1.33 bits per heavy atom. The lowest BCUT2D eigenvalue weighted by molar-refractivity contribution is -0.0500. The Bertz CT molecular complexity index is 63.8. The molecule has 0 aromatic rings. The van der Waals surface area contributed by atoms with Crippen molar-refractivity contribution in [2.45, 2.75) is 27.2 Å². The van der Waals surface area contributed by atoms with Crippen LogP contribution >= 0.6 is 0 Å². The fourth-order valence-electron chi connectivity index (χ4n) is 0.437. The molecule has 9 heavy (non-hydrogen) atoms. The number of rotatable bonds is 3. The van der Waals surface area contributed by atoms with E-state index in [1.807, 2.05) is 0 Å². The van der Waals surface area contributed by atoms with Crippen molar-refractivity contribution in [2.75, 3.05) is 13.4 Å². The van der Waals surface area contributed by atoms with E-state index in [4.69, 9.17) is 0 Å². The quantitative estimate of drug-likeness (QED) is 0.424. The number of hydrogen-bond donors (Lipinski definition) is 0. The van der Waals surface area contributed by atoms with Crippen molar-refractivity contribution in [1.29, 1.82) is 0 Å². The van der Waals surface area contributed by atoms with Gasteiger partial charge in [-0.2, -0.15) is 0 Å². The average Bonchev–Trinajstić information content (AvgIpc) is 1.63. The van der Waals surface area contributed by atoms with Gasteiger partial charge in [0.05, 0.1) is 6.61 Å². The van der Waals surface area contributed by atoms with E-state index in [1.165, 1.54) is 0 Å². The Morgan fingerprint density at radius 3 is 2.22 bits per heavy atom. The fraction of sp³-hybridized carbons (Fsp3) is 1.00. The Morgan fingerprint density at radius 2 is 1.89 bits per heavy atom. The highest BCUT2D eigenvalue weighted by Gasteiger charge is 2.08. The molecule has 0 atom stereocenters. The zero-order valence-electron chi connectivity index (χ0n) is 6.44. The number of ether oxygens (including phenoxy) is 1. The first-order valence-corrected chi connectivity index (χ1v) is 3.22. The van der Waals surface area contributed by atoms with Crippen LogP contribution in [0.3, 0.4) is 0 Å². The predicted octanol–water partition coefficient (Wildman–Crippen LogP) is 1.83. The lowest BCUT2D eigenvalue weighted by atomic mass is 9.93. The molecule has 0 rings (SSSR count). The van der Waals surface area contributed by atoms with E-state index in [9.17, 15) is 5.11 Å². The van der Waals surface area contributed by atoms with Crippen LogP contribution in [-0.4, -0.2) is 13.4 Å². The maximum Gasteiger partial charge on any atom is 0.180 e. The van der Waals surface area contributed by atoms with E-state index in [1.54, 1.807) is 0 Å². The highest BCUT2D eigenvalue weighted by atomic mass is 16.6. The molecule has 0 unspecified atom stereocenters. The van der Waals surface area contributed by atoms with Crippen molar-refractivity contribution in [1.82, 2.24) is 0 Å². The highest BCUT2D eigenvalue weighted by molar-refractivity contribution is 4.59. The lowest BCUT2D eigenvalue weighted by Gasteiger charge is -2.16. The summed E-state index contributed by atoms with van der Waals surface area (Å²) in [7, 11) is 0. The van der Waals surface area contributed by atoms with Crippen LogP contribution in [0.4, 0.5) is 0 Å². The van der Waals surface area contributed by atoms with E-state index in [0.717, 1.165) is 6.42 Å². The molecule has 0 aliphatic heterocycles. The SMILES string of the molecule is CC(C)(C)CCOC[O]. The molecule has 0 spiro atoms. The first-order valence-electron chi connectivity index (χ1n) is 3.22. The van der Waals surface area contributed by atoms with Crippen LogP contribution in [0.25, 0.3) is 0 Å². The van der Waals surface area contributed by atoms with Gasteiger partial charge in [0, 0.05) is 0 Å². The fourth-order valence-corrected chi connectivity index (χ4v) is 0.437. The summed E-state index contributed by atoms with van der Waals surface area (Å²) in [6.45, 7) is 6.56. The Kier molecular flexibility index (Phi) is 3.82. The molecule has 55 valence electrons. The van der Waals surface area contributed by atoms with E-state index >= 15 is 0 Å². The monoisotopic (exact) mass is 131 g/mol. The standard InChI is InChI=1S/C7H15O2/c1-7(2,3)4-5-9-6-8/h4-6H2,1-3H3. The minimum absolute atomic E-state index is 0.287. The molecule has 0 bridgehead atoms. The molecule has 0 fully saturated rings. The topological polar surface area (TPSA) is 29.1 Å².